The van der Waals surface area contributed by atoms with E-state index in [0.717, 1.165) is 56.8 Å². The van der Waals surface area contributed by atoms with Gasteiger partial charge in [0, 0.05) is 0 Å². The molecule has 0 bridgehead atoms. The Bertz CT molecular complexity index is 169. The van der Waals surface area contributed by atoms with Crippen molar-refractivity contribution in [1.82, 2.24) is 0 Å². The van der Waals surface area contributed by atoms with Gasteiger partial charge in [0.05, 0.1) is 0 Å². The van der Waals surface area contributed by atoms with E-state index in [0.29, 0.717) is 0 Å². The molecule has 0 aromatic carbocycles. The summed E-state index contributed by atoms with van der Waals surface area (Å²) in [6.07, 6.45) is 9.02. The number of rotatable bonds is 10. The van der Waals surface area contributed by atoms with Gasteiger partial charge >= 0.3 is 101 Å². The Balaban J connectivity index is 5.17. The summed E-state index contributed by atoms with van der Waals surface area (Å²) in [4.78, 5) is 10.9. The predicted molar refractivity (Wildman–Crippen MR) is 74.7 cm³/mol. The fraction of sp³-hybridized carbons (Fsp3) is 0.923. The Labute approximate surface area is 101 Å². The van der Waals surface area contributed by atoms with Crippen LogP contribution in [0.3, 0.4) is 0 Å². The first-order chi connectivity index (χ1) is 7.62. The van der Waals surface area contributed by atoms with Crippen LogP contribution in [0.2, 0.25) is 0 Å². The molecule has 3 heteroatoms. The van der Waals surface area contributed by atoms with Crippen molar-refractivity contribution in [2.45, 2.75) is 53.4 Å². The van der Waals surface area contributed by atoms with Gasteiger partial charge < -0.3 is 0 Å². The van der Waals surface area contributed by atoms with Crippen molar-refractivity contribution >= 4 is 13.3 Å². The average Bonchev–Trinajstić information content (AvgIpc) is 2.19. The minimum absolute atomic E-state index is 0.731. The number of carbonyl (C=O) groups excluding carboxylic acids is 1. The first-order valence-corrected chi connectivity index (χ1v) is 9.64. The first kappa shape index (κ1) is 15.9. The third-order valence-corrected chi connectivity index (χ3v) is 10.5. The van der Waals surface area contributed by atoms with E-state index >= 15 is 0 Å². The average molecular weight is 248 g/mol. The molecule has 0 atom stereocenters. The van der Waals surface area contributed by atoms with Crippen LogP contribution < -0.4 is 0 Å². The van der Waals surface area contributed by atoms with Gasteiger partial charge in [-0.3, -0.25) is 0 Å². The van der Waals surface area contributed by atoms with E-state index in [9.17, 15) is 4.79 Å². The molecule has 98 valence electrons. The van der Waals surface area contributed by atoms with E-state index < -0.39 is 6.83 Å². The molecule has 0 amide bonds. The fourth-order valence-electron chi connectivity index (χ4n) is 3.27. The normalized spacial score (nSPS) is 14.1. The van der Waals surface area contributed by atoms with Crippen molar-refractivity contribution in [3.63, 3.8) is 0 Å². The van der Waals surface area contributed by atoms with Gasteiger partial charge in [0.15, 0.2) is 0 Å². The molecule has 0 radical (unpaired) electrons. The van der Waals surface area contributed by atoms with E-state index in [-0.39, 0.29) is 0 Å². The fourth-order valence-corrected chi connectivity index (χ4v) is 9.80. The summed E-state index contributed by atoms with van der Waals surface area (Å²) in [5.41, 5.74) is 0. The van der Waals surface area contributed by atoms with Gasteiger partial charge in [-0.05, 0) is 0 Å². The molecule has 0 aliphatic heterocycles. The second-order valence-electron chi connectivity index (χ2n) is 4.95. The zero-order valence-electron chi connectivity index (χ0n) is 11.5. The molecule has 0 fully saturated rings. The van der Waals surface area contributed by atoms with Crippen LogP contribution in [-0.2, 0) is 9.32 Å². The molecule has 0 N–H and O–H groups in total. The summed E-state index contributed by atoms with van der Waals surface area (Å²) < 4.78 is 5.83. The van der Waals surface area contributed by atoms with Crippen LogP contribution in [0.15, 0.2) is 0 Å². The molecule has 0 saturated heterocycles. The molecule has 0 saturated carbocycles. The number of hydrogen-bond acceptors (Lipinski definition) is 2. The second-order valence-corrected chi connectivity index (χ2v) is 10.7. The number of carbonyl (C=O) groups is 1. The third kappa shape index (κ3) is 3.73. The Morgan fingerprint density at radius 2 is 1.12 bits per heavy atom. The summed E-state index contributed by atoms with van der Waals surface area (Å²) in [5.74, 6) is 0. The van der Waals surface area contributed by atoms with Crippen LogP contribution in [0.5, 0.6) is 0 Å². The molecular formula is C13H29O2P. The van der Waals surface area contributed by atoms with Crippen molar-refractivity contribution in [2.75, 3.05) is 24.6 Å². The topological polar surface area (TPSA) is 26.3 Å². The Morgan fingerprint density at radius 3 is 1.31 bits per heavy atom. The van der Waals surface area contributed by atoms with E-state index in [1.54, 1.807) is 0 Å². The van der Waals surface area contributed by atoms with Crippen LogP contribution in [-0.4, -0.2) is 31.1 Å². The summed E-state index contributed by atoms with van der Waals surface area (Å²) in [5, 5.41) is 0. The summed E-state index contributed by atoms with van der Waals surface area (Å²) in [6.45, 7) is 7.36. The van der Waals surface area contributed by atoms with Crippen LogP contribution in [0.4, 0.5) is 0 Å². The monoisotopic (exact) mass is 248 g/mol. The van der Waals surface area contributed by atoms with Gasteiger partial charge in [0.1, 0.15) is 0 Å². The Kier molecular flexibility index (Phi) is 7.22. The van der Waals surface area contributed by atoms with E-state index in [1.807, 2.05) is 0 Å². The molecule has 0 aliphatic carbocycles. The summed E-state index contributed by atoms with van der Waals surface area (Å²) in [6, 6.07) is 0. The van der Waals surface area contributed by atoms with E-state index in [2.05, 4.69) is 27.7 Å². The van der Waals surface area contributed by atoms with Crippen molar-refractivity contribution in [3.8, 4) is 0 Å². The maximum atomic E-state index is 10.9. The maximum absolute atomic E-state index is 10.9. The van der Waals surface area contributed by atoms with Crippen molar-refractivity contribution in [3.05, 3.63) is 0 Å². The second kappa shape index (κ2) is 7.27. The minimum atomic E-state index is -2.19. The number of hydrogen-bond donors (Lipinski definition) is 0. The predicted octanol–water partition coefficient (Wildman–Crippen LogP) is 4.27. The standard InChI is InChI=1S/C13H29O2P/c1-5-9-16(10-6-2,11-7-3,12-8-4)15-13-14/h13H,5-12H2,1-4H3. The molecule has 0 heterocycles. The van der Waals surface area contributed by atoms with Gasteiger partial charge in [-0.2, -0.15) is 0 Å². The quantitative estimate of drug-likeness (QED) is 0.426. The molecule has 0 aromatic heterocycles. The third-order valence-electron chi connectivity index (χ3n) is 3.50. The van der Waals surface area contributed by atoms with Gasteiger partial charge in [-0.25, -0.2) is 0 Å². The Hall–Kier alpha value is -0.100. The van der Waals surface area contributed by atoms with Crippen LogP contribution >= 0.6 is 6.83 Å². The zero-order chi connectivity index (χ0) is 12.5. The van der Waals surface area contributed by atoms with Crippen molar-refractivity contribution in [2.24, 2.45) is 0 Å². The van der Waals surface area contributed by atoms with Crippen LogP contribution in [0.1, 0.15) is 53.4 Å². The van der Waals surface area contributed by atoms with Gasteiger partial charge in [-0.15, -0.1) is 0 Å². The molecule has 0 aromatic rings. The van der Waals surface area contributed by atoms with E-state index in [4.69, 9.17) is 4.52 Å². The summed E-state index contributed by atoms with van der Waals surface area (Å²) >= 11 is 0. The van der Waals surface area contributed by atoms with Crippen molar-refractivity contribution in [1.29, 1.82) is 0 Å². The summed E-state index contributed by atoms with van der Waals surface area (Å²) in [7, 11) is 0. The first-order valence-electron chi connectivity index (χ1n) is 6.75. The molecule has 0 rings (SSSR count). The molecule has 2 nitrogen and oxygen atoms in total. The van der Waals surface area contributed by atoms with Crippen molar-refractivity contribution < 1.29 is 9.32 Å². The van der Waals surface area contributed by atoms with Gasteiger partial charge in [-0.1, -0.05) is 0 Å². The SMILES string of the molecule is CCCP(CCC)(CCC)(CCC)OC=O. The van der Waals surface area contributed by atoms with Gasteiger partial charge in [0.2, 0.25) is 0 Å². The van der Waals surface area contributed by atoms with Gasteiger partial charge in [0.25, 0.3) is 0 Å². The molecule has 16 heavy (non-hydrogen) atoms. The van der Waals surface area contributed by atoms with Crippen LogP contribution in [0.25, 0.3) is 0 Å². The molecule has 0 aliphatic rings. The molecule has 0 spiro atoms. The molecular weight excluding hydrogens is 219 g/mol. The Morgan fingerprint density at radius 1 is 0.812 bits per heavy atom. The van der Waals surface area contributed by atoms with Crippen LogP contribution in [0, 0.1) is 0 Å². The van der Waals surface area contributed by atoms with E-state index in [1.165, 1.54) is 0 Å². The zero-order valence-corrected chi connectivity index (χ0v) is 12.4. The molecule has 0 unspecified atom stereocenters.